The van der Waals surface area contributed by atoms with Crippen LogP contribution in [-0.2, 0) is 0 Å². The minimum absolute atomic E-state index is 0.654. The summed E-state index contributed by atoms with van der Waals surface area (Å²) in [5.41, 5.74) is 0. The lowest BCUT2D eigenvalue weighted by atomic mass is 10.2. The second kappa shape index (κ2) is 7.26. The zero-order valence-electron chi connectivity index (χ0n) is 7.62. The predicted molar refractivity (Wildman–Crippen MR) is 52.2 cm³/mol. The van der Waals surface area contributed by atoms with Crippen LogP contribution in [0.5, 0.6) is 0 Å². The van der Waals surface area contributed by atoms with Gasteiger partial charge in [0.05, 0.1) is 0 Å². The molecule has 0 aromatic carbocycles. The molecule has 0 amide bonds. The van der Waals surface area contributed by atoms with E-state index in [9.17, 15) is 0 Å². The molecule has 0 saturated carbocycles. The maximum atomic E-state index is 4.20. The van der Waals surface area contributed by atoms with Gasteiger partial charge in [-0.05, 0) is 18.9 Å². The van der Waals surface area contributed by atoms with Crippen LogP contribution in [-0.4, -0.2) is 12.8 Å². The molecule has 0 fully saturated rings. The molecule has 0 aliphatic heterocycles. The minimum Gasteiger partial charge on any atom is -0.293 e. The van der Waals surface area contributed by atoms with E-state index in [0.29, 0.717) is 5.92 Å². The predicted octanol–water partition coefficient (Wildman–Crippen LogP) is 2.85. The first-order valence-electron chi connectivity index (χ1n) is 4.05. The van der Waals surface area contributed by atoms with Crippen molar-refractivity contribution in [3.05, 3.63) is 24.3 Å². The highest BCUT2D eigenvalue weighted by molar-refractivity contribution is 5.71. The monoisotopic (exact) mass is 151 g/mol. The summed E-state index contributed by atoms with van der Waals surface area (Å²) >= 11 is 0. The summed E-state index contributed by atoms with van der Waals surface area (Å²) in [5.74, 6) is 0.654. The number of hydrogen-bond acceptors (Lipinski definition) is 1. The van der Waals surface area contributed by atoms with E-state index in [4.69, 9.17) is 0 Å². The topological polar surface area (TPSA) is 12.4 Å². The zero-order chi connectivity index (χ0) is 8.53. The van der Waals surface area contributed by atoms with Gasteiger partial charge in [-0.2, -0.15) is 0 Å². The van der Waals surface area contributed by atoms with Gasteiger partial charge in [-0.15, -0.1) is 0 Å². The maximum Gasteiger partial charge on any atom is 0.0412 e. The van der Waals surface area contributed by atoms with Crippen LogP contribution in [0.25, 0.3) is 0 Å². The van der Waals surface area contributed by atoms with Crippen LogP contribution in [0.15, 0.2) is 29.3 Å². The van der Waals surface area contributed by atoms with E-state index in [0.717, 1.165) is 6.54 Å². The van der Waals surface area contributed by atoms with Gasteiger partial charge in [0.25, 0.3) is 0 Å². The lowest BCUT2D eigenvalue weighted by Crippen LogP contribution is -1.90. The summed E-state index contributed by atoms with van der Waals surface area (Å²) in [4.78, 5) is 4.20. The molecule has 0 aromatic heterocycles. The summed E-state index contributed by atoms with van der Waals surface area (Å²) in [6.45, 7) is 7.23. The van der Waals surface area contributed by atoms with E-state index in [2.05, 4.69) is 18.8 Å². The number of nitrogens with zero attached hydrogens (tertiary/aromatic N) is 1. The molecule has 1 heteroatoms. The molecule has 0 saturated heterocycles. The third-order valence-electron chi connectivity index (χ3n) is 1.08. The summed E-state index contributed by atoms with van der Waals surface area (Å²) < 4.78 is 0. The summed E-state index contributed by atoms with van der Waals surface area (Å²) in [6, 6.07) is 0. The Morgan fingerprint density at radius 1 is 1.18 bits per heavy atom. The lowest BCUT2D eigenvalue weighted by molar-refractivity contribution is 0.667. The van der Waals surface area contributed by atoms with Gasteiger partial charge in [-0.25, -0.2) is 0 Å². The van der Waals surface area contributed by atoms with Crippen molar-refractivity contribution in [2.75, 3.05) is 6.54 Å². The van der Waals surface area contributed by atoms with Gasteiger partial charge in [-0.3, -0.25) is 4.99 Å². The summed E-state index contributed by atoms with van der Waals surface area (Å²) in [6.07, 6.45) is 9.75. The van der Waals surface area contributed by atoms with Gasteiger partial charge in [-0.1, -0.05) is 32.1 Å². The van der Waals surface area contributed by atoms with Crippen LogP contribution >= 0.6 is 0 Å². The highest BCUT2D eigenvalue weighted by Gasteiger charge is 1.85. The van der Waals surface area contributed by atoms with E-state index in [1.165, 1.54) is 0 Å². The molecule has 0 unspecified atom stereocenters. The molecular weight excluding hydrogens is 134 g/mol. The Kier molecular flexibility index (Phi) is 6.70. The van der Waals surface area contributed by atoms with E-state index < -0.39 is 0 Å². The van der Waals surface area contributed by atoms with Crippen molar-refractivity contribution in [3.8, 4) is 0 Å². The van der Waals surface area contributed by atoms with Gasteiger partial charge in [0, 0.05) is 12.8 Å². The van der Waals surface area contributed by atoms with Gasteiger partial charge in [0.2, 0.25) is 0 Å². The van der Waals surface area contributed by atoms with Crippen LogP contribution in [0, 0.1) is 5.92 Å². The standard InChI is InChI=1S/C10H17N/c1-4-5-6-7-8-11-9-10(2)3/h4-8,10H,9H2,1-3H3/b5-4+,7-6-,11-8-. The Labute approximate surface area is 69.5 Å². The highest BCUT2D eigenvalue weighted by atomic mass is 14.7. The van der Waals surface area contributed by atoms with E-state index in [-0.39, 0.29) is 0 Å². The van der Waals surface area contributed by atoms with E-state index >= 15 is 0 Å². The Balaban J connectivity index is 3.44. The smallest absolute Gasteiger partial charge is 0.0412 e. The molecule has 1 nitrogen and oxygen atoms in total. The molecule has 0 heterocycles. The highest BCUT2D eigenvalue weighted by Crippen LogP contribution is 1.89. The Bertz CT molecular complexity index is 152. The van der Waals surface area contributed by atoms with Crippen molar-refractivity contribution in [1.82, 2.24) is 0 Å². The quantitative estimate of drug-likeness (QED) is 0.433. The molecule has 0 aliphatic carbocycles. The molecule has 0 aromatic rings. The fourth-order valence-electron chi connectivity index (χ4n) is 0.557. The van der Waals surface area contributed by atoms with Crippen molar-refractivity contribution in [2.45, 2.75) is 20.8 Å². The zero-order valence-corrected chi connectivity index (χ0v) is 7.62. The average Bonchev–Trinajstić information content (AvgIpc) is 1.96. The van der Waals surface area contributed by atoms with Crippen LogP contribution in [0.3, 0.4) is 0 Å². The van der Waals surface area contributed by atoms with Gasteiger partial charge in [0.1, 0.15) is 0 Å². The van der Waals surface area contributed by atoms with Crippen molar-refractivity contribution in [1.29, 1.82) is 0 Å². The van der Waals surface area contributed by atoms with Crippen molar-refractivity contribution in [3.63, 3.8) is 0 Å². The fraction of sp³-hybridized carbons (Fsp3) is 0.500. The van der Waals surface area contributed by atoms with Crippen LogP contribution in [0.4, 0.5) is 0 Å². The SMILES string of the molecule is C/C=C/C=C\C=N/CC(C)C. The molecule has 62 valence electrons. The average molecular weight is 151 g/mol. The maximum absolute atomic E-state index is 4.20. The second-order valence-corrected chi connectivity index (χ2v) is 2.82. The first kappa shape index (κ1) is 10.2. The summed E-state index contributed by atoms with van der Waals surface area (Å²) in [5, 5.41) is 0. The molecule has 0 aliphatic rings. The first-order chi connectivity index (χ1) is 5.27. The number of hydrogen-bond donors (Lipinski definition) is 0. The lowest BCUT2D eigenvalue weighted by Gasteiger charge is -1.94. The van der Waals surface area contributed by atoms with E-state index in [1.807, 2.05) is 37.4 Å². The Morgan fingerprint density at radius 3 is 2.45 bits per heavy atom. The van der Waals surface area contributed by atoms with Gasteiger partial charge in [0.15, 0.2) is 0 Å². The third kappa shape index (κ3) is 9.15. The van der Waals surface area contributed by atoms with E-state index in [1.54, 1.807) is 0 Å². The van der Waals surface area contributed by atoms with Gasteiger partial charge < -0.3 is 0 Å². The molecule has 0 atom stereocenters. The molecule has 0 radical (unpaired) electrons. The Morgan fingerprint density at radius 2 is 1.91 bits per heavy atom. The number of rotatable bonds is 4. The molecular formula is C10H17N. The van der Waals surface area contributed by atoms with Crippen molar-refractivity contribution < 1.29 is 0 Å². The van der Waals surface area contributed by atoms with Crippen molar-refractivity contribution >= 4 is 6.21 Å². The molecule has 0 spiro atoms. The fourth-order valence-corrected chi connectivity index (χ4v) is 0.557. The molecule has 11 heavy (non-hydrogen) atoms. The molecule has 0 N–H and O–H groups in total. The number of aliphatic imine (C=N–C) groups is 1. The normalized spacial score (nSPS) is 13.1. The third-order valence-corrected chi connectivity index (χ3v) is 1.08. The van der Waals surface area contributed by atoms with Crippen LogP contribution in [0.1, 0.15) is 20.8 Å². The minimum atomic E-state index is 0.654. The number of allylic oxidation sites excluding steroid dienone is 4. The van der Waals surface area contributed by atoms with Gasteiger partial charge >= 0.3 is 0 Å². The Hall–Kier alpha value is -0.850. The largest absolute Gasteiger partial charge is 0.293 e. The summed E-state index contributed by atoms with van der Waals surface area (Å²) in [7, 11) is 0. The molecule has 0 rings (SSSR count). The molecule has 0 bridgehead atoms. The van der Waals surface area contributed by atoms with Crippen LogP contribution in [0.2, 0.25) is 0 Å². The second-order valence-electron chi connectivity index (χ2n) is 2.82. The van der Waals surface area contributed by atoms with Crippen molar-refractivity contribution in [2.24, 2.45) is 10.9 Å². The van der Waals surface area contributed by atoms with Crippen LogP contribution < -0.4 is 0 Å². The first-order valence-corrected chi connectivity index (χ1v) is 4.05.